The zero-order valence-corrected chi connectivity index (χ0v) is 11.4. The van der Waals surface area contributed by atoms with E-state index in [1.54, 1.807) is 0 Å². The minimum Gasteiger partial charge on any atom is -0.380 e. The molecule has 0 aliphatic rings. The van der Waals surface area contributed by atoms with Gasteiger partial charge in [-0.05, 0) is 23.8 Å². The van der Waals surface area contributed by atoms with Gasteiger partial charge in [-0.3, -0.25) is 0 Å². The number of hydrogen-bond acceptors (Lipinski definition) is 1. The maximum absolute atomic E-state index is 12.9. The van der Waals surface area contributed by atoms with Crippen LogP contribution in [0.3, 0.4) is 0 Å². The third kappa shape index (κ3) is 3.73. The third-order valence-corrected chi connectivity index (χ3v) is 3.11. The van der Waals surface area contributed by atoms with Gasteiger partial charge in [0.15, 0.2) is 0 Å². The first kappa shape index (κ1) is 13.9. The van der Waals surface area contributed by atoms with E-state index in [1.165, 1.54) is 12.1 Å². The number of benzene rings is 2. The zero-order valence-electron chi connectivity index (χ0n) is 9.84. The van der Waals surface area contributed by atoms with Gasteiger partial charge in [-0.15, -0.1) is 0 Å². The van der Waals surface area contributed by atoms with Crippen LogP contribution in [0, 0.1) is 0 Å². The molecule has 0 atom stereocenters. The van der Waals surface area contributed by atoms with Crippen LogP contribution in [0.1, 0.15) is 11.1 Å². The van der Waals surface area contributed by atoms with Crippen molar-refractivity contribution in [2.75, 3.05) is 5.32 Å². The molecule has 0 bridgehead atoms. The fraction of sp³-hybridized carbons (Fsp3) is 0.143. The van der Waals surface area contributed by atoms with Gasteiger partial charge in [0, 0.05) is 16.7 Å². The molecule has 0 saturated heterocycles. The van der Waals surface area contributed by atoms with Crippen LogP contribution in [-0.4, -0.2) is 0 Å². The number of hydrogen-bond donors (Lipinski definition) is 1. The van der Waals surface area contributed by atoms with Crippen LogP contribution in [0.2, 0.25) is 0 Å². The van der Waals surface area contributed by atoms with Crippen molar-refractivity contribution in [2.45, 2.75) is 12.7 Å². The Hall–Kier alpha value is -1.49. The van der Waals surface area contributed by atoms with Crippen LogP contribution in [0.25, 0.3) is 0 Å². The zero-order chi connectivity index (χ0) is 13.9. The van der Waals surface area contributed by atoms with E-state index in [2.05, 4.69) is 21.2 Å². The van der Waals surface area contributed by atoms with E-state index in [0.29, 0.717) is 11.0 Å². The summed E-state index contributed by atoms with van der Waals surface area (Å²) in [5, 5.41) is 2.83. The number of nitrogens with one attached hydrogen (secondary N) is 1. The van der Waals surface area contributed by atoms with Gasteiger partial charge in [-0.25, -0.2) is 0 Å². The lowest BCUT2D eigenvalue weighted by Crippen LogP contribution is -2.10. The topological polar surface area (TPSA) is 12.0 Å². The summed E-state index contributed by atoms with van der Waals surface area (Å²) < 4.78 is 39.2. The molecule has 0 aliphatic heterocycles. The number of halogens is 4. The minimum atomic E-state index is -4.36. The highest BCUT2D eigenvalue weighted by atomic mass is 79.9. The van der Waals surface area contributed by atoms with Gasteiger partial charge in [0.1, 0.15) is 0 Å². The number of anilines is 1. The highest BCUT2D eigenvalue weighted by Crippen LogP contribution is 2.36. The molecule has 5 heteroatoms. The lowest BCUT2D eigenvalue weighted by Gasteiger charge is -2.15. The Kier molecular flexibility index (Phi) is 4.14. The van der Waals surface area contributed by atoms with Crippen LogP contribution in [0.5, 0.6) is 0 Å². The normalized spacial score (nSPS) is 11.4. The van der Waals surface area contributed by atoms with Crippen molar-refractivity contribution in [1.82, 2.24) is 0 Å². The molecule has 19 heavy (non-hydrogen) atoms. The predicted octanol–water partition coefficient (Wildman–Crippen LogP) is 5.08. The molecule has 2 rings (SSSR count). The molecule has 0 unspecified atom stereocenters. The van der Waals surface area contributed by atoms with Gasteiger partial charge in [-0.2, -0.15) is 13.2 Å². The minimum absolute atomic E-state index is 0.0747. The van der Waals surface area contributed by atoms with Crippen molar-refractivity contribution in [3.05, 3.63) is 64.1 Å². The standard InChI is InChI=1S/C14H11BrF3N/c15-11-6-7-12(14(16,17)18)13(8-11)19-9-10-4-2-1-3-5-10/h1-8,19H,9H2. The number of alkyl halides is 3. The Morgan fingerprint density at radius 3 is 2.32 bits per heavy atom. The largest absolute Gasteiger partial charge is 0.418 e. The summed E-state index contributed by atoms with van der Waals surface area (Å²) in [6.45, 7) is 0.348. The lowest BCUT2D eigenvalue weighted by atomic mass is 10.1. The van der Waals surface area contributed by atoms with Crippen molar-refractivity contribution >= 4 is 21.6 Å². The van der Waals surface area contributed by atoms with Crippen LogP contribution < -0.4 is 5.32 Å². The summed E-state index contributed by atoms with van der Waals surface area (Å²) in [6.07, 6.45) is -4.36. The van der Waals surface area contributed by atoms with Crippen LogP contribution in [0.4, 0.5) is 18.9 Å². The summed E-state index contributed by atoms with van der Waals surface area (Å²) in [6, 6.07) is 13.2. The molecule has 2 aromatic rings. The fourth-order valence-electron chi connectivity index (χ4n) is 1.70. The second kappa shape index (κ2) is 5.65. The molecule has 0 amide bonds. The molecule has 0 radical (unpaired) electrons. The molecule has 2 aromatic carbocycles. The number of rotatable bonds is 3. The average molecular weight is 330 g/mol. The molecule has 0 spiro atoms. The van der Waals surface area contributed by atoms with Crippen LogP contribution in [-0.2, 0) is 12.7 Å². The van der Waals surface area contributed by atoms with Gasteiger partial charge < -0.3 is 5.32 Å². The molecule has 0 aliphatic carbocycles. The van der Waals surface area contributed by atoms with Gasteiger partial charge in [0.05, 0.1) is 5.56 Å². The molecule has 0 saturated carbocycles. The summed E-state index contributed by atoms with van der Waals surface area (Å²) in [7, 11) is 0. The van der Waals surface area contributed by atoms with E-state index in [4.69, 9.17) is 0 Å². The lowest BCUT2D eigenvalue weighted by molar-refractivity contribution is -0.137. The molecule has 0 aromatic heterocycles. The molecule has 1 nitrogen and oxygen atoms in total. The van der Waals surface area contributed by atoms with E-state index >= 15 is 0 Å². The van der Waals surface area contributed by atoms with Crippen LogP contribution >= 0.6 is 15.9 Å². The van der Waals surface area contributed by atoms with Gasteiger partial charge in [-0.1, -0.05) is 46.3 Å². The fourth-order valence-corrected chi connectivity index (χ4v) is 2.06. The second-order valence-electron chi connectivity index (χ2n) is 4.03. The summed E-state index contributed by atoms with van der Waals surface area (Å²) >= 11 is 3.18. The van der Waals surface area contributed by atoms with Crippen molar-refractivity contribution in [1.29, 1.82) is 0 Å². The monoisotopic (exact) mass is 329 g/mol. The smallest absolute Gasteiger partial charge is 0.380 e. The van der Waals surface area contributed by atoms with Crippen LogP contribution in [0.15, 0.2) is 53.0 Å². The van der Waals surface area contributed by atoms with Gasteiger partial charge >= 0.3 is 6.18 Å². The maximum Gasteiger partial charge on any atom is 0.418 e. The quantitative estimate of drug-likeness (QED) is 0.827. The van der Waals surface area contributed by atoms with Crippen molar-refractivity contribution in [2.24, 2.45) is 0 Å². The summed E-state index contributed by atoms with van der Waals surface area (Å²) in [5.41, 5.74) is 0.341. The van der Waals surface area contributed by atoms with Gasteiger partial charge in [0.25, 0.3) is 0 Å². The van der Waals surface area contributed by atoms with Crippen molar-refractivity contribution in [3.63, 3.8) is 0 Å². The molecule has 100 valence electrons. The Labute approximate surface area is 117 Å². The van der Waals surface area contributed by atoms with Crippen molar-refractivity contribution in [3.8, 4) is 0 Å². The van der Waals surface area contributed by atoms with E-state index < -0.39 is 11.7 Å². The Morgan fingerprint density at radius 1 is 1.00 bits per heavy atom. The Morgan fingerprint density at radius 2 is 1.68 bits per heavy atom. The maximum atomic E-state index is 12.9. The SMILES string of the molecule is FC(F)(F)c1ccc(Br)cc1NCc1ccccc1. The van der Waals surface area contributed by atoms with E-state index in [9.17, 15) is 13.2 Å². The molecule has 0 heterocycles. The third-order valence-electron chi connectivity index (χ3n) is 2.61. The predicted molar refractivity (Wildman–Crippen MR) is 72.9 cm³/mol. The summed E-state index contributed by atoms with van der Waals surface area (Å²) in [5.74, 6) is 0. The van der Waals surface area contributed by atoms with E-state index in [-0.39, 0.29) is 5.69 Å². The molecular formula is C14H11BrF3N. The van der Waals surface area contributed by atoms with E-state index in [0.717, 1.165) is 11.6 Å². The average Bonchev–Trinajstić information content (AvgIpc) is 2.36. The molecule has 1 N–H and O–H groups in total. The van der Waals surface area contributed by atoms with E-state index in [1.807, 2.05) is 30.3 Å². The first-order chi connectivity index (χ1) is 8.97. The van der Waals surface area contributed by atoms with Gasteiger partial charge in [0.2, 0.25) is 0 Å². The Balaban J connectivity index is 2.22. The molecular weight excluding hydrogens is 319 g/mol. The highest BCUT2D eigenvalue weighted by molar-refractivity contribution is 9.10. The molecule has 0 fully saturated rings. The summed E-state index contributed by atoms with van der Waals surface area (Å²) in [4.78, 5) is 0. The Bertz CT molecular complexity index is 552. The highest BCUT2D eigenvalue weighted by Gasteiger charge is 2.33. The first-order valence-electron chi connectivity index (χ1n) is 5.61. The second-order valence-corrected chi connectivity index (χ2v) is 4.94. The van der Waals surface area contributed by atoms with Crippen molar-refractivity contribution < 1.29 is 13.2 Å². The first-order valence-corrected chi connectivity index (χ1v) is 6.40.